The number of fused-ring (bicyclic) bond motifs is 1. The lowest BCUT2D eigenvalue weighted by molar-refractivity contribution is -0.140. The van der Waals surface area contributed by atoms with Crippen LogP contribution in [0.4, 0.5) is 19.0 Å². The minimum absolute atomic E-state index is 0. The third-order valence-corrected chi connectivity index (χ3v) is 4.13. The number of nitrogens with zero attached hydrogens (tertiary/aromatic N) is 3. The van der Waals surface area contributed by atoms with Gasteiger partial charge in [0.2, 0.25) is 5.91 Å². The van der Waals surface area contributed by atoms with Gasteiger partial charge >= 0.3 is 6.18 Å². The Morgan fingerprint density at radius 3 is 2.86 bits per heavy atom. The van der Waals surface area contributed by atoms with Gasteiger partial charge in [0.25, 0.3) is 0 Å². The fourth-order valence-electron chi connectivity index (χ4n) is 2.59. The van der Waals surface area contributed by atoms with Crippen molar-refractivity contribution in [2.24, 2.45) is 0 Å². The largest absolute Gasteiger partial charge is 0.405 e. The zero-order valence-electron chi connectivity index (χ0n) is 15.0. The number of rotatable bonds is 6. The topological polar surface area (TPSA) is 116 Å². The number of aromatic amines is 1. The molecule has 0 aliphatic carbocycles. The smallest absolute Gasteiger partial charge is 0.391 e. The van der Waals surface area contributed by atoms with Gasteiger partial charge in [-0.3, -0.25) is 4.79 Å². The summed E-state index contributed by atoms with van der Waals surface area (Å²) in [5, 5.41) is 15.3. The standard InChI is InChI=1S/C17H16ClF3N6O2.4H2/c1-8(28)13(16(29)25-7-17(19,20)21)26-12-2-3-22-15(27-12)11-6-24-14-10(11)4-9(18)5-23-14;;;;/h2-6,8,13,28H,7H2,1H3,(H,23,24)(H,25,29)(H,22,26,27);4*1H/t8-,13-;;;;/m1..../s1. The summed E-state index contributed by atoms with van der Waals surface area (Å²) in [5.74, 6) is -0.599. The van der Waals surface area contributed by atoms with Crippen LogP contribution in [0, 0.1) is 0 Å². The number of hydrogen-bond donors (Lipinski definition) is 4. The SMILES string of the molecule is C[C@@H](O)[C@@H](Nc1ccnc(-c2c[nH]c3ncc(Cl)cc23)n1)C(=O)NCC(F)(F)F.[HH].[HH].[HH].[HH]. The highest BCUT2D eigenvalue weighted by atomic mass is 35.5. The predicted octanol–water partition coefficient (Wildman–Crippen LogP) is 3.50. The number of pyridine rings is 1. The van der Waals surface area contributed by atoms with Gasteiger partial charge in [-0.25, -0.2) is 15.0 Å². The molecule has 3 heterocycles. The molecule has 0 bridgehead atoms. The number of aliphatic hydroxyl groups is 1. The molecule has 12 heteroatoms. The maximum atomic E-state index is 12.3. The number of carbonyl (C=O) groups excluding carboxylic acids is 1. The van der Waals surface area contributed by atoms with E-state index in [-0.39, 0.29) is 17.3 Å². The van der Waals surface area contributed by atoms with Crippen molar-refractivity contribution in [2.45, 2.75) is 25.2 Å². The molecule has 4 N–H and O–H groups in total. The van der Waals surface area contributed by atoms with E-state index in [0.29, 0.717) is 21.6 Å². The molecule has 8 nitrogen and oxygen atoms in total. The summed E-state index contributed by atoms with van der Waals surface area (Å²) in [5.41, 5.74) is 1.16. The van der Waals surface area contributed by atoms with E-state index in [2.05, 4.69) is 25.3 Å². The van der Waals surface area contributed by atoms with E-state index in [1.54, 1.807) is 17.6 Å². The van der Waals surface area contributed by atoms with Crippen LogP contribution in [0.1, 0.15) is 12.6 Å². The molecule has 0 aromatic carbocycles. The van der Waals surface area contributed by atoms with Crippen molar-refractivity contribution in [1.82, 2.24) is 25.3 Å². The van der Waals surface area contributed by atoms with Gasteiger partial charge in [-0.2, -0.15) is 13.2 Å². The van der Waals surface area contributed by atoms with E-state index in [9.17, 15) is 23.1 Å². The first-order chi connectivity index (χ1) is 13.6. The lowest BCUT2D eigenvalue weighted by Crippen LogP contribution is -2.48. The van der Waals surface area contributed by atoms with Crippen LogP contribution < -0.4 is 10.6 Å². The molecule has 0 saturated carbocycles. The van der Waals surface area contributed by atoms with Crippen LogP contribution in [0.15, 0.2) is 30.7 Å². The Hall–Kier alpha value is -2.92. The molecule has 2 atom stereocenters. The number of halogens is 4. The molecule has 1 amide bonds. The van der Waals surface area contributed by atoms with Crippen molar-refractivity contribution >= 4 is 34.4 Å². The molecule has 0 aliphatic rings. The Bertz CT molecular complexity index is 1040. The van der Waals surface area contributed by atoms with Crippen LogP contribution in [-0.2, 0) is 4.79 Å². The summed E-state index contributed by atoms with van der Waals surface area (Å²) >= 11 is 5.98. The minimum Gasteiger partial charge on any atom is -0.391 e. The normalized spacial score (nSPS) is 13.9. The molecule has 29 heavy (non-hydrogen) atoms. The fraction of sp³-hybridized carbons (Fsp3) is 0.294. The van der Waals surface area contributed by atoms with Crippen LogP contribution >= 0.6 is 11.6 Å². The van der Waals surface area contributed by atoms with Crippen LogP contribution in [-0.4, -0.2) is 55.8 Å². The fourth-order valence-corrected chi connectivity index (χ4v) is 2.75. The van der Waals surface area contributed by atoms with Gasteiger partial charge in [0.05, 0.1) is 11.1 Å². The Morgan fingerprint density at radius 1 is 1.41 bits per heavy atom. The van der Waals surface area contributed by atoms with E-state index in [0.717, 1.165) is 0 Å². The van der Waals surface area contributed by atoms with Gasteiger partial charge in [0.15, 0.2) is 5.82 Å². The van der Waals surface area contributed by atoms with E-state index in [4.69, 9.17) is 11.6 Å². The van der Waals surface area contributed by atoms with E-state index >= 15 is 0 Å². The van der Waals surface area contributed by atoms with Crippen molar-refractivity contribution in [2.75, 3.05) is 11.9 Å². The number of amides is 1. The number of anilines is 1. The quantitative estimate of drug-likeness (QED) is 0.470. The summed E-state index contributed by atoms with van der Waals surface area (Å²) in [4.78, 5) is 27.6. The van der Waals surface area contributed by atoms with Crippen molar-refractivity contribution in [3.63, 3.8) is 0 Å². The second-order valence-corrected chi connectivity index (χ2v) is 6.65. The molecule has 0 radical (unpaired) electrons. The highest BCUT2D eigenvalue weighted by Crippen LogP contribution is 2.27. The molecular formula is C17H24ClF3N6O2. The Morgan fingerprint density at radius 2 is 2.17 bits per heavy atom. The van der Waals surface area contributed by atoms with Gasteiger partial charge in [0.1, 0.15) is 24.1 Å². The van der Waals surface area contributed by atoms with Crippen molar-refractivity contribution in [1.29, 1.82) is 0 Å². The zero-order chi connectivity index (χ0) is 21.2. The molecule has 3 rings (SSSR count). The van der Waals surface area contributed by atoms with E-state index in [1.165, 1.54) is 25.4 Å². The first-order valence-corrected chi connectivity index (χ1v) is 8.77. The van der Waals surface area contributed by atoms with Crippen molar-refractivity contribution < 1.29 is 28.8 Å². The first-order valence-electron chi connectivity index (χ1n) is 8.39. The summed E-state index contributed by atoms with van der Waals surface area (Å²) in [6, 6.07) is 1.76. The Kier molecular flexibility index (Phi) is 5.89. The average molecular weight is 437 g/mol. The van der Waals surface area contributed by atoms with Crippen molar-refractivity contribution in [3.05, 3.63) is 35.7 Å². The van der Waals surface area contributed by atoms with Gasteiger partial charge < -0.3 is 20.7 Å². The number of hydrogen-bond acceptors (Lipinski definition) is 6. The van der Waals surface area contributed by atoms with Gasteiger partial charge in [-0.05, 0) is 19.1 Å². The summed E-state index contributed by atoms with van der Waals surface area (Å²) in [7, 11) is 0. The second-order valence-electron chi connectivity index (χ2n) is 6.21. The molecule has 0 fully saturated rings. The van der Waals surface area contributed by atoms with E-state index in [1.807, 2.05) is 0 Å². The highest BCUT2D eigenvalue weighted by molar-refractivity contribution is 6.31. The van der Waals surface area contributed by atoms with E-state index < -0.39 is 30.8 Å². The lowest BCUT2D eigenvalue weighted by Gasteiger charge is -2.21. The number of H-pyrrole nitrogens is 1. The number of alkyl halides is 3. The van der Waals surface area contributed by atoms with Crippen LogP contribution in [0.2, 0.25) is 5.02 Å². The predicted molar refractivity (Wildman–Crippen MR) is 109 cm³/mol. The monoisotopic (exact) mass is 436 g/mol. The Balaban J connectivity index is 0. The molecule has 3 aromatic rings. The van der Waals surface area contributed by atoms with Crippen molar-refractivity contribution in [3.8, 4) is 11.4 Å². The molecule has 3 aromatic heterocycles. The third-order valence-electron chi connectivity index (χ3n) is 3.93. The number of aliphatic hydroxyl groups excluding tert-OH is 1. The zero-order valence-corrected chi connectivity index (χ0v) is 15.7. The molecule has 0 unspecified atom stereocenters. The second kappa shape index (κ2) is 8.21. The average Bonchev–Trinajstić information content (AvgIpc) is 3.06. The summed E-state index contributed by atoms with van der Waals surface area (Å²) < 4.78 is 37.0. The minimum atomic E-state index is -4.56. The maximum Gasteiger partial charge on any atom is 0.405 e. The molecule has 162 valence electrons. The summed E-state index contributed by atoms with van der Waals surface area (Å²) in [6.07, 6.45) is -1.32. The maximum absolute atomic E-state index is 12.3. The van der Waals surface area contributed by atoms with Crippen LogP contribution in [0.5, 0.6) is 0 Å². The lowest BCUT2D eigenvalue weighted by atomic mass is 10.1. The highest BCUT2D eigenvalue weighted by Gasteiger charge is 2.31. The van der Waals surface area contributed by atoms with Gasteiger partial charge in [-0.15, -0.1) is 0 Å². The molecule has 0 aliphatic heterocycles. The van der Waals surface area contributed by atoms with Crippen LogP contribution in [0.25, 0.3) is 22.4 Å². The van der Waals surface area contributed by atoms with Gasteiger partial charge in [-0.1, -0.05) is 11.6 Å². The number of carbonyl (C=O) groups is 1. The molecular weight excluding hydrogens is 413 g/mol. The Labute approximate surface area is 173 Å². The molecule has 0 spiro atoms. The number of aromatic nitrogens is 4. The third kappa shape index (κ3) is 5.12. The van der Waals surface area contributed by atoms with Crippen LogP contribution in [0.3, 0.4) is 0 Å². The first kappa shape index (κ1) is 20.8. The van der Waals surface area contributed by atoms with Gasteiger partial charge in [0, 0.05) is 35.2 Å². The summed E-state index contributed by atoms with van der Waals surface area (Å²) in [6.45, 7) is -0.227. The molecule has 0 saturated heterocycles. The number of nitrogens with one attached hydrogen (secondary N) is 3.